The van der Waals surface area contributed by atoms with Crippen LogP contribution in [0.1, 0.15) is 59.9 Å². The number of carbonyl (C=O) groups excluding carboxylic acids is 1. The lowest BCUT2D eigenvalue weighted by molar-refractivity contribution is 0.143. The third-order valence-corrected chi connectivity index (χ3v) is 5.87. The number of amides is 2. The number of rotatable bonds is 4. The highest BCUT2D eigenvalue weighted by atomic mass is 32.1. The van der Waals surface area contributed by atoms with E-state index in [1.54, 1.807) is 17.5 Å². The highest BCUT2D eigenvalue weighted by Crippen LogP contribution is 2.42. The Morgan fingerprint density at radius 2 is 2.25 bits per heavy atom. The number of thiazole rings is 1. The summed E-state index contributed by atoms with van der Waals surface area (Å²) in [6.45, 7) is 2.84. The van der Waals surface area contributed by atoms with E-state index in [2.05, 4.69) is 27.2 Å². The second kappa shape index (κ2) is 6.55. The van der Waals surface area contributed by atoms with Crippen LogP contribution in [-0.2, 0) is 0 Å². The van der Waals surface area contributed by atoms with Crippen molar-refractivity contribution >= 4 is 17.4 Å². The van der Waals surface area contributed by atoms with Crippen molar-refractivity contribution < 1.29 is 4.79 Å². The molecule has 4 rings (SSSR count). The summed E-state index contributed by atoms with van der Waals surface area (Å²) in [7, 11) is 0. The summed E-state index contributed by atoms with van der Waals surface area (Å²) in [6, 6.07) is 0.114. The van der Waals surface area contributed by atoms with Crippen molar-refractivity contribution in [2.75, 3.05) is 6.54 Å². The van der Waals surface area contributed by atoms with Crippen LogP contribution in [0.2, 0.25) is 0 Å². The van der Waals surface area contributed by atoms with Crippen molar-refractivity contribution in [3.8, 4) is 0 Å². The van der Waals surface area contributed by atoms with Gasteiger partial charge in [-0.15, -0.1) is 11.3 Å². The molecule has 2 aromatic heterocycles. The molecule has 24 heavy (non-hydrogen) atoms. The molecule has 1 saturated carbocycles. The van der Waals surface area contributed by atoms with Gasteiger partial charge in [0.1, 0.15) is 10.8 Å². The zero-order valence-corrected chi connectivity index (χ0v) is 14.7. The van der Waals surface area contributed by atoms with Gasteiger partial charge < -0.3 is 15.2 Å². The molecule has 6 nitrogen and oxygen atoms in total. The van der Waals surface area contributed by atoms with E-state index in [0.717, 1.165) is 36.6 Å². The summed E-state index contributed by atoms with van der Waals surface area (Å²) in [5.41, 5.74) is 0. The van der Waals surface area contributed by atoms with E-state index in [4.69, 9.17) is 0 Å². The molecule has 0 radical (unpaired) electrons. The first-order valence-electron chi connectivity index (χ1n) is 8.71. The minimum absolute atomic E-state index is 0.0147. The molecule has 2 N–H and O–H groups in total. The van der Waals surface area contributed by atoms with Crippen LogP contribution in [0, 0.1) is 12.8 Å². The number of urea groups is 1. The van der Waals surface area contributed by atoms with Gasteiger partial charge in [-0.3, -0.25) is 0 Å². The molecule has 0 unspecified atom stereocenters. The summed E-state index contributed by atoms with van der Waals surface area (Å²) in [5, 5.41) is 4.30. The lowest BCUT2D eigenvalue weighted by Gasteiger charge is -2.35. The highest BCUT2D eigenvalue weighted by Gasteiger charge is 2.38. The molecule has 0 spiro atoms. The number of carbonyl (C=O) groups is 1. The van der Waals surface area contributed by atoms with E-state index in [-0.39, 0.29) is 18.1 Å². The molecular formula is C17H23N5OS. The summed E-state index contributed by atoms with van der Waals surface area (Å²) < 4.78 is 0. The van der Waals surface area contributed by atoms with Gasteiger partial charge in [-0.25, -0.2) is 14.8 Å². The predicted octanol–water partition coefficient (Wildman–Crippen LogP) is 3.56. The first kappa shape index (κ1) is 15.6. The molecule has 7 heteroatoms. The zero-order chi connectivity index (χ0) is 16.5. The van der Waals surface area contributed by atoms with Gasteiger partial charge in [0.15, 0.2) is 0 Å². The second-order valence-corrected chi connectivity index (χ2v) is 8.02. The number of nitrogens with one attached hydrogen (secondary N) is 2. The molecule has 2 amide bonds. The van der Waals surface area contributed by atoms with Gasteiger partial charge in [0.25, 0.3) is 0 Å². The van der Waals surface area contributed by atoms with Crippen molar-refractivity contribution in [2.24, 2.45) is 5.92 Å². The van der Waals surface area contributed by atoms with Gasteiger partial charge in [-0.05, 0) is 44.9 Å². The molecule has 2 atom stereocenters. The van der Waals surface area contributed by atoms with E-state index in [9.17, 15) is 4.79 Å². The van der Waals surface area contributed by atoms with Gasteiger partial charge in [-0.2, -0.15) is 0 Å². The van der Waals surface area contributed by atoms with Gasteiger partial charge in [-0.1, -0.05) is 0 Å². The Labute approximate surface area is 145 Å². The maximum Gasteiger partial charge on any atom is 0.318 e. The molecule has 2 fully saturated rings. The molecule has 2 aromatic rings. The van der Waals surface area contributed by atoms with Crippen molar-refractivity contribution in [3.63, 3.8) is 0 Å². The van der Waals surface area contributed by atoms with Crippen LogP contribution in [0.5, 0.6) is 0 Å². The SMILES string of the molecule is Cc1cnc([C@@H](NC(=O)N2CCCC[C@H]2c2ncc[nH]2)C2CC2)s1. The number of hydrogen-bond acceptors (Lipinski definition) is 4. The topological polar surface area (TPSA) is 73.9 Å². The fraction of sp³-hybridized carbons (Fsp3) is 0.588. The first-order chi connectivity index (χ1) is 11.7. The Kier molecular flexibility index (Phi) is 4.26. The Bertz CT molecular complexity index is 694. The molecule has 0 aromatic carbocycles. The number of H-pyrrole nitrogens is 1. The fourth-order valence-corrected chi connectivity index (χ4v) is 4.38. The number of aryl methyl sites for hydroxylation is 1. The fourth-order valence-electron chi connectivity index (χ4n) is 3.46. The summed E-state index contributed by atoms with van der Waals surface area (Å²) >= 11 is 1.69. The minimum Gasteiger partial charge on any atom is -0.347 e. The van der Waals surface area contributed by atoms with Crippen molar-refractivity contribution in [1.82, 2.24) is 25.2 Å². The number of piperidine rings is 1. The second-order valence-electron chi connectivity index (χ2n) is 6.75. The van der Waals surface area contributed by atoms with Crippen LogP contribution in [0.15, 0.2) is 18.6 Å². The number of aromatic amines is 1. The third-order valence-electron chi connectivity index (χ3n) is 4.88. The monoisotopic (exact) mass is 345 g/mol. The Morgan fingerprint density at radius 1 is 1.38 bits per heavy atom. The van der Waals surface area contributed by atoms with Gasteiger partial charge in [0, 0.05) is 30.0 Å². The highest BCUT2D eigenvalue weighted by molar-refractivity contribution is 7.11. The molecule has 2 aliphatic rings. The Morgan fingerprint density at radius 3 is 2.92 bits per heavy atom. The molecule has 0 bridgehead atoms. The number of aromatic nitrogens is 3. The van der Waals surface area contributed by atoms with Crippen molar-refractivity contribution in [3.05, 3.63) is 34.3 Å². The van der Waals surface area contributed by atoms with Crippen molar-refractivity contribution in [1.29, 1.82) is 0 Å². The lowest BCUT2D eigenvalue weighted by Crippen LogP contribution is -2.46. The van der Waals surface area contributed by atoms with Crippen molar-refractivity contribution in [2.45, 2.75) is 51.1 Å². The normalized spacial score (nSPS) is 22.4. The maximum absolute atomic E-state index is 13.0. The molecular weight excluding hydrogens is 322 g/mol. The standard InChI is InChI=1S/C17H23N5OS/c1-11-10-20-16(24-11)14(12-5-6-12)21-17(23)22-9-3-2-4-13(22)15-18-7-8-19-15/h7-8,10,12-14H,2-6,9H2,1H3,(H,18,19)(H,21,23)/t13-,14-/m0/s1. The van der Waals surface area contributed by atoms with Crippen LogP contribution >= 0.6 is 11.3 Å². The van der Waals surface area contributed by atoms with Crippen LogP contribution in [0.25, 0.3) is 0 Å². The molecule has 128 valence electrons. The van der Waals surface area contributed by atoms with E-state index < -0.39 is 0 Å². The number of hydrogen-bond donors (Lipinski definition) is 2. The number of likely N-dealkylation sites (tertiary alicyclic amines) is 1. The van der Waals surface area contributed by atoms with E-state index in [0.29, 0.717) is 5.92 Å². The maximum atomic E-state index is 13.0. The summed E-state index contributed by atoms with van der Waals surface area (Å²) in [4.78, 5) is 28.2. The molecule has 1 saturated heterocycles. The lowest BCUT2D eigenvalue weighted by atomic mass is 10.0. The predicted molar refractivity (Wildman–Crippen MR) is 92.7 cm³/mol. The minimum atomic E-state index is 0.0147. The Balaban J connectivity index is 1.51. The van der Waals surface area contributed by atoms with Crippen LogP contribution < -0.4 is 5.32 Å². The van der Waals surface area contributed by atoms with Crippen LogP contribution in [0.3, 0.4) is 0 Å². The average Bonchev–Trinajstić information content (AvgIpc) is 3.10. The smallest absolute Gasteiger partial charge is 0.318 e. The van der Waals surface area contributed by atoms with Crippen LogP contribution in [0.4, 0.5) is 4.79 Å². The zero-order valence-electron chi connectivity index (χ0n) is 13.9. The van der Waals surface area contributed by atoms with Gasteiger partial charge in [0.2, 0.25) is 0 Å². The van der Waals surface area contributed by atoms with E-state index in [1.807, 2.05) is 17.3 Å². The number of nitrogens with zero attached hydrogens (tertiary/aromatic N) is 3. The summed E-state index contributed by atoms with van der Waals surface area (Å²) in [5.74, 6) is 1.42. The third kappa shape index (κ3) is 3.17. The molecule has 1 aliphatic carbocycles. The first-order valence-corrected chi connectivity index (χ1v) is 9.53. The van der Waals surface area contributed by atoms with Gasteiger partial charge in [0.05, 0.1) is 12.1 Å². The largest absolute Gasteiger partial charge is 0.347 e. The average molecular weight is 345 g/mol. The summed E-state index contributed by atoms with van der Waals surface area (Å²) in [6.07, 6.45) is 11.0. The molecule has 3 heterocycles. The quantitative estimate of drug-likeness (QED) is 0.890. The van der Waals surface area contributed by atoms with Crippen LogP contribution in [-0.4, -0.2) is 32.4 Å². The van der Waals surface area contributed by atoms with E-state index in [1.165, 1.54) is 17.7 Å². The Hall–Kier alpha value is -1.89. The molecule has 1 aliphatic heterocycles. The van der Waals surface area contributed by atoms with Gasteiger partial charge >= 0.3 is 6.03 Å². The number of imidazole rings is 1. The van der Waals surface area contributed by atoms with E-state index >= 15 is 0 Å².